The van der Waals surface area contributed by atoms with Gasteiger partial charge in [-0.3, -0.25) is 33.5 Å². The second-order valence-corrected chi connectivity index (χ2v) is 57.3. The average Bonchev–Trinajstić information content (AvgIpc) is 0.787. The predicted octanol–water partition coefficient (Wildman–Crippen LogP) is 26.2. The van der Waals surface area contributed by atoms with E-state index in [1.54, 1.807) is 38.1 Å². The molecule has 0 atom stereocenters. The maximum Gasteiger partial charge on any atom is -0.0134 e. The molecular weight excluding hydrogens is 2190 g/mol. The minimum Gasteiger partial charge on any atom is -0.0622 e. The molecule has 0 saturated heterocycles. The van der Waals surface area contributed by atoms with Crippen LogP contribution >= 0.6 is 66.9 Å². The van der Waals surface area contributed by atoms with Crippen LogP contribution in [0, 0.1) is 6.65 Å². The van der Waals surface area contributed by atoms with E-state index in [0.29, 0.717) is 30.9 Å². The van der Waals surface area contributed by atoms with Crippen LogP contribution in [0.4, 0.5) is 0 Å². The van der Waals surface area contributed by atoms with E-state index in [-0.39, 0.29) is 93.6 Å². The van der Waals surface area contributed by atoms with E-state index >= 15 is 0 Å². The monoisotopic (exact) mass is 2340 g/mol. The molecule has 0 bridgehead atoms. The van der Waals surface area contributed by atoms with Gasteiger partial charge in [-0.25, -0.2) is 4.98 Å². The van der Waals surface area contributed by atoms with E-state index in [1.807, 2.05) is 109 Å². The number of rotatable bonds is 17. The van der Waals surface area contributed by atoms with Gasteiger partial charge in [0.15, 0.2) is 0 Å². The van der Waals surface area contributed by atoms with Crippen molar-refractivity contribution in [3.8, 4) is 22.8 Å². The van der Waals surface area contributed by atoms with Gasteiger partial charge in [-0.2, -0.15) is 0 Å². The normalized spacial score (nSPS) is 11.5. The first kappa shape index (κ1) is 135. The Bertz CT molecular complexity index is 5020. The molecule has 10 nitrogen and oxygen atoms in total. The molecular formula is C120H148Cl2KN6O4P6Ru3+. The van der Waals surface area contributed by atoms with E-state index < -0.39 is 45.2 Å². The molecule has 0 unspecified atom stereocenters. The maximum atomic E-state index is 10.1. The largest absolute Gasteiger partial charge is 0.0622 e. The van der Waals surface area contributed by atoms with Crippen LogP contribution in [0.3, 0.4) is 0 Å². The number of pyridine rings is 5. The Labute approximate surface area is 946 Å². The molecule has 0 N–H and O–H groups in total. The Morgan fingerprint density at radius 2 is 0.585 bits per heavy atom. The molecule has 0 radical (unpaired) electrons. The fourth-order valence-corrected chi connectivity index (χ4v) is 33.2. The summed E-state index contributed by atoms with van der Waals surface area (Å²) in [5, 5.41) is 29.4. The summed E-state index contributed by atoms with van der Waals surface area (Å²) in [6, 6.07) is 127. The predicted molar refractivity (Wildman–Crippen MR) is 618 cm³/mol. The SMILES string of the molecule is C.C.CC(C)(C)P(Cc1cccc(-c2ccccn2)n1)C(C)(C)C.CC(C)(C)[O-].CC(C)(C)[PH+](C=C1C=CC=C(c2ccccn2)[N-]1)C(C)(C)C.CC(C)(C)[PH+](Cc1cccc(-c2ccccn2)n1)C(C)(C)C.[C-]#[O+].[CH-]=O.[CH-]=O.[Cl][RuH].[Cl][Ru].[K+].[RuH+2].c1ccc(P(c2ccccc2)c2ccccc2)cc1.c1ccc(P(c2ccccc2)c2ccccc2)cc1.c1ccc(P(c2ccccc2)c2ccccc2)cc1. The number of allylic oxidation sites excluding steroid dienone is 3. The van der Waals surface area contributed by atoms with E-state index in [0.717, 1.165) is 52.2 Å². The molecule has 14 aromatic rings. The van der Waals surface area contributed by atoms with Crippen molar-refractivity contribution in [2.45, 2.75) is 209 Å². The number of halogens is 2. The summed E-state index contributed by atoms with van der Waals surface area (Å²) in [7, 11) is 6.31. The van der Waals surface area contributed by atoms with Crippen molar-refractivity contribution in [3.05, 3.63) is 441 Å². The molecule has 0 aliphatic carbocycles. The summed E-state index contributed by atoms with van der Waals surface area (Å²) in [5.74, 6) is 2.41. The zero-order chi connectivity index (χ0) is 102. The molecule has 5 aromatic heterocycles. The van der Waals surface area contributed by atoms with Gasteiger partial charge < -0.3 is 20.0 Å². The Morgan fingerprint density at radius 3 is 0.810 bits per heavy atom. The Hall–Kier alpha value is -6.54. The first-order valence-electron chi connectivity index (χ1n) is 45.4. The van der Waals surface area contributed by atoms with Crippen LogP contribution in [0.5, 0.6) is 0 Å². The molecule has 0 fully saturated rings. The van der Waals surface area contributed by atoms with Crippen molar-refractivity contribution in [1.82, 2.24) is 24.9 Å². The Balaban J connectivity index is 0.00000162. The van der Waals surface area contributed by atoms with Gasteiger partial charge in [-0.1, -0.05) is 407 Å². The van der Waals surface area contributed by atoms with Crippen molar-refractivity contribution >= 4 is 134 Å². The van der Waals surface area contributed by atoms with Crippen LogP contribution in [0.25, 0.3) is 33.8 Å². The Morgan fingerprint density at radius 1 is 0.359 bits per heavy atom. The van der Waals surface area contributed by atoms with Crippen molar-refractivity contribution in [3.63, 3.8) is 0 Å². The van der Waals surface area contributed by atoms with Crippen LogP contribution in [-0.2, 0) is 80.7 Å². The summed E-state index contributed by atoms with van der Waals surface area (Å²) in [5.41, 5.74) is 8.41. The molecule has 22 heteroatoms. The van der Waals surface area contributed by atoms with Crippen LogP contribution in [-0.4, -0.2) is 75.0 Å². The quantitative estimate of drug-likeness (QED) is 0.0287. The van der Waals surface area contributed by atoms with E-state index in [2.05, 4.69) is 494 Å². The summed E-state index contributed by atoms with van der Waals surface area (Å²) in [6.45, 7) is 58.3. The van der Waals surface area contributed by atoms with Crippen LogP contribution in [0.15, 0.2) is 412 Å². The molecule has 142 heavy (non-hydrogen) atoms. The average molecular weight is 2340 g/mol. The number of carbonyl (C=O) groups excluding carboxylic acids is 2. The summed E-state index contributed by atoms with van der Waals surface area (Å²) >= 11 is 3.44. The van der Waals surface area contributed by atoms with Gasteiger partial charge in [0.25, 0.3) is 0 Å². The smallest absolute Gasteiger partial charge is 0.0134 e. The zero-order valence-corrected chi connectivity index (χ0v) is 101. The van der Waals surface area contributed by atoms with Gasteiger partial charge in [0.2, 0.25) is 0 Å². The first-order chi connectivity index (χ1) is 65.9. The minimum absolute atomic E-state index is 0. The van der Waals surface area contributed by atoms with Crippen molar-refractivity contribution in [2.75, 3.05) is 0 Å². The summed E-state index contributed by atoms with van der Waals surface area (Å²) < 4.78 is 7.50. The second kappa shape index (κ2) is 71.9. The third-order valence-corrected chi connectivity index (χ3v) is 39.7. The maximum absolute atomic E-state index is 10.1. The van der Waals surface area contributed by atoms with Gasteiger partial charge in [0.05, 0.1) is 49.1 Å². The molecule has 9 aromatic carbocycles. The van der Waals surface area contributed by atoms with E-state index in [9.17, 15) is 5.11 Å². The molecule has 0 amide bonds. The van der Waals surface area contributed by atoms with Gasteiger partial charge in [0.1, 0.15) is 6.16 Å². The zero-order valence-electron chi connectivity index (χ0n) is 85.2. The van der Waals surface area contributed by atoms with E-state index in [4.69, 9.17) is 29.5 Å². The standard InChI is InChI=1S/2C19H27N2P.C19H26N2P.3C18H15P.C4H9O.2CHO.CO.2CH4.2ClH.K.3Ru.2H/c3*1-18(2,3)22(19(4,5)6)14-15-10-9-12-17(21-15)16-11-7-8-13-20-16;3*1-4-10-16(11-5-1)19(17-12-6-2-7-13-17)18-14-8-3-9-15-18;1-4(2,3)5;3*1-2;;;;;;;;;;/h2*7-13H,14H2,1-6H3;7-14H,1-6H3;3*1-15H;1-3H3;2*1H;;2*1H4;2*1H;;;;;;/q;;-1;;;;3*-1;;;;;;3*+1;+2;;. The molecule has 0 spiro atoms. The molecule has 750 valence electrons. The van der Waals surface area contributed by atoms with Crippen LogP contribution in [0.1, 0.15) is 177 Å². The summed E-state index contributed by atoms with van der Waals surface area (Å²) in [6.07, 6.45) is 13.8. The van der Waals surface area contributed by atoms with Gasteiger partial charge in [-0.05, 0) is 226 Å². The molecule has 6 heterocycles. The van der Waals surface area contributed by atoms with Gasteiger partial charge in [-0.15, -0.1) is 17.0 Å². The minimum atomic E-state index is -0.750. The molecule has 0 saturated carbocycles. The molecule has 1 aliphatic heterocycles. The number of hydrogen-bond donors (Lipinski definition) is 0. The Kier molecular flexibility index (Phi) is 68.6. The third kappa shape index (κ3) is 50.4. The van der Waals surface area contributed by atoms with Gasteiger partial charge >= 0.3 is 136 Å². The second-order valence-electron chi connectivity index (χ2n) is 38.4. The van der Waals surface area contributed by atoms with E-state index in [1.165, 1.54) is 59.1 Å². The van der Waals surface area contributed by atoms with Gasteiger partial charge in [0, 0.05) is 57.8 Å². The third-order valence-electron chi connectivity index (χ3n) is 20.3. The summed E-state index contributed by atoms with van der Waals surface area (Å²) in [4.78, 5) is 38.5. The fraction of sp³-hybridized carbons (Fsp3) is 0.267. The number of aromatic nitrogens is 5. The number of benzene rings is 9. The van der Waals surface area contributed by atoms with Crippen molar-refractivity contribution in [2.24, 2.45) is 0 Å². The first-order valence-corrected chi connectivity index (χ1v) is 58.9. The molecule has 15 rings (SSSR count). The number of hydrogen-bond acceptors (Lipinski definition) is 8. The van der Waals surface area contributed by atoms with Crippen molar-refractivity contribution in [1.29, 1.82) is 0 Å². The van der Waals surface area contributed by atoms with Crippen molar-refractivity contribution < 1.29 is 125 Å². The fourth-order valence-electron chi connectivity index (χ4n) is 15.4. The molecule has 1 aliphatic rings. The topological polar surface area (TPSA) is 156 Å². The number of nitrogens with zero attached hydrogens (tertiary/aromatic N) is 6. The van der Waals surface area contributed by atoms with Crippen LogP contribution < -0.4 is 104 Å². The van der Waals surface area contributed by atoms with Crippen LogP contribution in [0.2, 0.25) is 0 Å².